The number of benzene rings is 1. The maximum atomic E-state index is 13.9. The van der Waals surface area contributed by atoms with E-state index in [-0.39, 0.29) is 17.8 Å². The van der Waals surface area contributed by atoms with Gasteiger partial charge in [0.2, 0.25) is 0 Å². The van der Waals surface area contributed by atoms with Crippen LogP contribution in [0.25, 0.3) is 0 Å². The van der Waals surface area contributed by atoms with E-state index in [9.17, 15) is 13.6 Å². The first-order valence-electron chi connectivity index (χ1n) is 6.69. The van der Waals surface area contributed by atoms with Crippen molar-refractivity contribution in [3.8, 4) is 0 Å². The molecule has 5 heteroatoms. The topological polar surface area (TPSA) is 38.3 Å². The molecule has 0 heterocycles. The highest BCUT2D eigenvalue weighted by molar-refractivity contribution is 5.89. The van der Waals surface area contributed by atoms with E-state index in [0.29, 0.717) is 0 Å². The summed E-state index contributed by atoms with van der Waals surface area (Å²) in [6.07, 6.45) is 5.47. The molecule has 1 aromatic rings. The Labute approximate surface area is 129 Å². The molecule has 118 valence electrons. The van der Waals surface area contributed by atoms with Gasteiger partial charge in [0.15, 0.2) is 0 Å². The Bertz CT molecular complexity index is 611. The van der Waals surface area contributed by atoms with Crippen LogP contribution in [0, 0.1) is 11.6 Å². The van der Waals surface area contributed by atoms with Gasteiger partial charge in [-0.15, -0.1) is 0 Å². The molecule has 0 radical (unpaired) electrons. The summed E-state index contributed by atoms with van der Waals surface area (Å²) in [7, 11) is 1.15. The molecule has 0 saturated carbocycles. The van der Waals surface area contributed by atoms with E-state index in [1.807, 2.05) is 32.1 Å². The van der Waals surface area contributed by atoms with Gasteiger partial charge in [-0.1, -0.05) is 30.4 Å². The second kappa shape index (κ2) is 8.12. The van der Waals surface area contributed by atoms with Gasteiger partial charge in [-0.05, 0) is 31.6 Å². The zero-order chi connectivity index (χ0) is 16.7. The number of rotatable bonds is 6. The van der Waals surface area contributed by atoms with Crippen molar-refractivity contribution in [1.82, 2.24) is 0 Å². The quantitative estimate of drug-likeness (QED) is 0.631. The van der Waals surface area contributed by atoms with Gasteiger partial charge in [0.25, 0.3) is 0 Å². The van der Waals surface area contributed by atoms with E-state index in [2.05, 4.69) is 16.6 Å². The molecule has 0 fully saturated rings. The molecular weight excluding hydrogens is 288 g/mol. The van der Waals surface area contributed by atoms with Crippen LogP contribution in [-0.2, 0) is 4.74 Å². The molecule has 0 spiro atoms. The molecule has 0 amide bonds. The zero-order valence-electron chi connectivity index (χ0n) is 12.9. The first kappa shape index (κ1) is 17.6. The number of carbonyl (C=O) groups is 1. The lowest BCUT2D eigenvalue weighted by Crippen LogP contribution is -2.10. The van der Waals surface area contributed by atoms with E-state index < -0.39 is 17.6 Å². The Morgan fingerprint density at radius 3 is 2.41 bits per heavy atom. The maximum absolute atomic E-state index is 13.9. The highest BCUT2D eigenvalue weighted by atomic mass is 19.1. The number of hydrogen-bond acceptors (Lipinski definition) is 3. The minimum absolute atomic E-state index is 0.173. The molecule has 1 rings (SSSR count). The summed E-state index contributed by atoms with van der Waals surface area (Å²) in [5, 5.41) is 2.69. The Balaban J connectivity index is 2.99. The number of ether oxygens (including phenoxy) is 1. The van der Waals surface area contributed by atoms with E-state index in [1.54, 1.807) is 0 Å². The zero-order valence-corrected chi connectivity index (χ0v) is 12.9. The minimum Gasteiger partial charge on any atom is -0.465 e. The lowest BCUT2D eigenvalue weighted by molar-refractivity contribution is 0.0599. The predicted octanol–water partition coefficient (Wildman–Crippen LogP) is 4.24. The van der Waals surface area contributed by atoms with Gasteiger partial charge in [-0.25, -0.2) is 13.6 Å². The third kappa shape index (κ3) is 4.55. The summed E-state index contributed by atoms with van der Waals surface area (Å²) in [6, 6.07) is 1.88. The van der Waals surface area contributed by atoms with Crippen molar-refractivity contribution in [3.05, 3.63) is 65.3 Å². The lowest BCUT2D eigenvalue weighted by Gasteiger charge is -2.12. The van der Waals surface area contributed by atoms with Crippen molar-refractivity contribution in [2.24, 2.45) is 0 Å². The van der Waals surface area contributed by atoms with Crippen LogP contribution >= 0.6 is 0 Å². The molecule has 3 nitrogen and oxygen atoms in total. The molecule has 0 unspecified atom stereocenters. The number of allylic oxidation sites excluding steroid dienone is 3. The molecule has 0 saturated heterocycles. The molecule has 22 heavy (non-hydrogen) atoms. The van der Waals surface area contributed by atoms with Crippen LogP contribution < -0.4 is 5.32 Å². The van der Waals surface area contributed by atoms with E-state index >= 15 is 0 Å². The Hall–Kier alpha value is -2.43. The third-order valence-corrected chi connectivity index (χ3v) is 2.96. The maximum Gasteiger partial charge on any atom is 0.338 e. The van der Waals surface area contributed by atoms with Crippen LogP contribution in [0.4, 0.5) is 14.5 Å². The fraction of sp³-hybridized carbons (Fsp3) is 0.235. The highest BCUT2D eigenvalue weighted by Gasteiger charge is 2.15. The monoisotopic (exact) mass is 307 g/mol. The minimum atomic E-state index is -0.854. The lowest BCUT2D eigenvalue weighted by atomic mass is 10.1. The number of methoxy groups -OCH3 is 1. The third-order valence-electron chi connectivity index (χ3n) is 2.96. The molecule has 0 aliphatic rings. The molecule has 0 bridgehead atoms. The van der Waals surface area contributed by atoms with E-state index in [0.717, 1.165) is 30.4 Å². The number of nitrogens with one attached hydrogen (secondary N) is 1. The summed E-state index contributed by atoms with van der Waals surface area (Å²) in [6.45, 7) is 7.71. The normalized spacial score (nSPS) is 11.6. The number of carbonyl (C=O) groups excluding carboxylic acids is 1. The number of hydrogen-bond donors (Lipinski definition) is 1. The number of halogens is 2. The van der Waals surface area contributed by atoms with Crippen LogP contribution in [0.1, 0.15) is 24.2 Å². The fourth-order valence-corrected chi connectivity index (χ4v) is 1.73. The molecule has 1 N–H and O–H groups in total. The Morgan fingerprint density at radius 1 is 1.36 bits per heavy atom. The van der Waals surface area contributed by atoms with Crippen molar-refractivity contribution in [2.75, 3.05) is 19.0 Å². The van der Waals surface area contributed by atoms with Crippen molar-refractivity contribution in [2.45, 2.75) is 13.8 Å². The largest absolute Gasteiger partial charge is 0.465 e. The van der Waals surface area contributed by atoms with Gasteiger partial charge in [0.05, 0.1) is 12.7 Å². The van der Waals surface area contributed by atoms with Crippen molar-refractivity contribution < 1.29 is 18.3 Å². The van der Waals surface area contributed by atoms with E-state index in [4.69, 9.17) is 0 Å². The van der Waals surface area contributed by atoms with Crippen molar-refractivity contribution in [3.63, 3.8) is 0 Å². The number of esters is 1. The van der Waals surface area contributed by atoms with Crippen LogP contribution in [-0.4, -0.2) is 19.6 Å². The molecule has 1 aromatic carbocycles. The summed E-state index contributed by atoms with van der Waals surface area (Å²) >= 11 is 0. The molecular formula is C17H19F2NO2. The van der Waals surface area contributed by atoms with Gasteiger partial charge in [0, 0.05) is 6.54 Å². The number of anilines is 1. The van der Waals surface area contributed by atoms with Crippen LogP contribution in [0.5, 0.6) is 0 Å². The molecule has 0 atom stereocenters. The van der Waals surface area contributed by atoms with Gasteiger partial charge in [0.1, 0.15) is 17.3 Å². The second-order valence-electron chi connectivity index (χ2n) is 4.66. The first-order chi connectivity index (χ1) is 10.4. The predicted molar refractivity (Wildman–Crippen MR) is 83.9 cm³/mol. The van der Waals surface area contributed by atoms with Crippen LogP contribution in [0.15, 0.2) is 48.1 Å². The molecule has 0 aliphatic heterocycles. The smallest absolute Gasteiger partial charge is 0.338 e. The van der Waals surface area contributed by atoms with Gasteiger partial charge in [-0.2, -0.15) is 0 Å². The van der Waals surface area contributed by atoms with Gasteiger partial charge in [-0.3, -0.25) is 0 Å². The SMILES string of the molecule is C=C(C)/C(=C\C=C/C)CNc1c(F)cc(C(=O)OC)cc1F. The van der Waals surface area contributed by atoms with Gasteiger partial charge < -0.3 is 10.1 Å². The average molecular weight is 307 g/mol. The summed E-state index contributed by atoms with van der Waals surface area (Å²) in [5.41, 5.74) is 1.14. The molecule has 0 aliphatic carbocycles. The highest BCUT2D eigenvalue weighted by Crippen LogP contribution is 2.22. The fourth-order valence-electron chi connectivity index (χ4n) is 1.73. The average Bonchev–Trinajstić information content (AvgIpc) is 2.47. The van der Waals surface area contributed by atoms with Crippen LogP contribution in [0.3, 0.4) is 0 Å². The Morgan fingerprint density at radius 2 is 1.95 bits per heavy atom. The van der Waals surface area contributed by atoms with Crippen molar-refractivity contribution in [1.29, 1.82) is 0 Å². The molecule has 0 aromatic heterocycles. The second-order valence-corrected chi connectivity index (χ2v) is 4.66. The van der Waals surface area contributed by atoms with Crippen molar-refractivity contribution >= 4 is 11.7 Å². The summed E-state index contributed by atoms with van der Waals surface area (Å²) in [5.74, 6) is -2.50. The van der Waals surface area contributed by atoms with Crippen LogP contribution in [0.2, 0.25) is 0 Å². The summed E-state index contributed by atoms with van der Waals surface area (Å²) in [4.78, 5) is 11.3. The van der Waals surface area contributed by atoms with E-state index in [1.165, 1.54) is 0 Å². The van der Waals surface area contributed by atoms with Gasteiger partial charge >= 0.3 is 5.97 Å². The Kier molecular flexibility index (Phi) is 6.50. The summed E-state index contributed by atoms with van der Waals surface area (Å²) < 4.78 is 32.3. The standard InChI is InChI=1S/C17H19F2NO2/c1-5-6-7-12(11(2)3)10-20-16-14(18)8-13(9-15(16)19)17(21)22-4/h5-9,20H,2,10H2,1,3-4H3/b6-5-,12-7-. The first-order valence-corrected chi connectivity index (χ1v) is 6.69.